The summed E-state index contributed by atoms with van der Waals surface area (Å²) in [7, 11) is 0. The molecule has 0 aromatic carbocycles. The van der Waals surface area contributed by atoms with Crippen LogP contribution in [0.15, 0.2) is 58.9 Å². The summed E-state index contributed by atoms with van der Waals surface area (Å²) >= 11 is 6.12. The molecular weight excluding hydrogens is 300 g/mol. The van der Waals surface area contributed by atoms with Crippen molar-refractivity contribution in [2.24, 2.45) is 4.99 Å². The molecule has 1 spiro atoms. The first-order valence-electron chi connectivity index (χ1n) is 6.87. The normalized spacial score (nSPS) is 24.5. The van der Waals surface area contributed by atoms with Crippen LogP contribution in [0.5, 0.6) is 0 Å². The van der Waals surface area contributed by atoms with Gasteiger partial charge in [-0.25, -0.2) is 9.79 Å². The molecule has 5 heteroatoms. The van der Waals surface area contributed by atoms with Gasteiger partial charge >= 0.3 is 5.97 Å². The van der Waals surface area contributed by atoms with Gasteiger partial charge in [0.1, 0.15) is 5.17 Å². The number of carbonyl (C=O) groups is 1. The molecule has 0 saturated heterocycles. The minimum atomic E-state index is -0.980. The number of aliphatic imine (C=N–C) groups is 1. The van der Waals surface area contributed by atoms with Gasteiger partial charge in [-0.1, -0.05) is 35.9 Å². The first kappa shape index (κ1) is 13.2. The lowest BCUT2D eigenvalue weighted by atomic mass is 9.65. The summed E-state index contributed by atoms with van der Waals surface area (Å²) in [6.45, 7) is 0. The highest BCUT2D eigenvalue weighted by molar-refractivity contribution is 6.68. The van der Waals surface area contributed by atoms with E-state index in [-0.39, 0.29) is 5.56 Å². The van der Waals surface area contributed by atoms with Gasteiger partial charge in [-0.05, 0) is 35.8 Å². The molecule has 1 unspecified atom stereocenters. The van der Waals surface area contributed by atoms with Crippen molar-refractivity contribution in [1.82, 2.24) is 4.98 Å². The highest BCUT2D eigenvalue weighted by Crippen LogP contribution is 2.50. The fourth-order valence-corrected chi connectivity index (χ4v) is 3.46. The van der Waals surface area contributed by atoms with Crippen LogP contribution in [0.25, 0.3) is 6.08 Å². The molecule has 0 radical (unpaired) electrons. The fourth-order valence-electron chi connectivity index (χ4n) is 3.26. The van der Waals surface area contributed by atoms with Crippen LogP contribution in [0.3, 0.4) is 0 Å². The number of nitrogens with zero attached hydrogens (tertiary/aromatic N) is 2. The van der Waals surface area contributed by atoms with Crippen molar-refractivity contribution in [1.29, 1.82) is 0 Å². The summed E-state index contributed by atoms with van der Waals surface area (Å²) in [5.41, 5.74) is 3.24. The minimum absolute atomic E-state index is 0.182. The van der Waals surface area contributed by atoms with Crippen LogP contribution in [0.2, 0.25) is 0 Å². The predicted molar refractivity (Wildman–Crippen MR) is 85.1 cm³/mol. The second-order valence-electron chi connectivity index (χ2n) is 5.42. The zero-order chi connectivity index (χ0) is 15.3. The molecule has 22 heavy (non-hydrogen) atoms. The number of rotatable bonds is 1. The average molecular weight is 311 g/mol. The van der Waals surface area contributed by atoms with Crippen LogP contribution in [0.4, 0.5) is 0 Å². The van der Waals surface area contributed by atoms with Crippen LogP contribution in [-0.2, 0) is 5.41 Å². The summed E-state index contributed by atoms with van der Waals surface area (Å²) < 4.78 is 0. The Labute approximate surface area is 131 Å². The molecule has 0 fully saturated rings. The Morgan fingerprint density at radius 2 is 2.23 bits per heavy atom. The van der Waals surface area contributed by atoms with Crippen molar-refractivity contribution in [3.8, 4) is 0 Å². The number of aromatic nitrogens is 1. The van der Waals surface area contributed by atoms with E-state index in [0.29, 0.717) is 5.17 Å². The molecule has 2 heterocycles. The Balaban J connectivity index is 1.99. The van der Waals surface area contributed by atoms with E-state index in [9.17, 15) is 4.79 Å². The number of carboxylic acids is 1. The quantitative estimate of drug-likeness (QED) is 0.864. The maximum Gasteiger partial charge on any atom is 0.337 e. The average Bonchev–Trinajstić information content (AvgIpc) is 2.52. The van der Waals surface area contributed by atoms with Crippen LogP contribution in [-0.4, -0.2) is 21.2 Å². The number of dihydropyridines is 1. The number of fused-ring (bicyclic) bond motifs is 1. The maximum absolute atomic E-state index is 11.2. The number of hydrogen-bond acceptors (Lipinski definition) is 3. The van der Waals surface area contributed by atoms with E-state index < -0.39 is 11.4 Å². The first-order chi connectivity index (χ1) is 10.6. The van der Waals surface area contributed by atoms with E-state index in [1.54, 1.807) is 6.07 Å². The molecule has 4 nitrogen and oxygen atoms in total. The van der Waals surface area contributed by atoms with Gasteiger partial charge in [0, 0.05) is 6.20 Å². The lowest BCUT2D eigenvalue weighted by Gasteiger charge is -2.40. The molecule has 1 aliphatic heterocycles. The van der Waals surface area contributed by atoms with Crippen LogP contribution < -0.4 is 0 Å². The number of halogens is 1. The largest absolute Gasteiger partial charge is 0.478 e. The van der Waals surface area contributed by atoms with E-state index in [0.717, 1.165) is 28.9 Å². The molecule has 0 saturated carbocycles. The summed E-state index contributed by atoms with van der Waals surface area (Å²) in [6.07, 6.45) is 13.8. The van der Waals surface area contributed by atoms with Crippen molar-refractivity contribution < 1.29 is 9.90 Å². The Kier molecular flexibility index (Phi) is 2.71. The van der Waals surface area contributed by atoms with E-state index in [1.807, 2.05) is 30.4 Å². The molecule has 3 aliphatic rings. The van der Waals surface area contributed by atoms with Gasteiger partial charge in [0.05, 0.1) is 22.4 Å². The highest BCUT2D eigenvalue weighted by Gasteiger charge is 2.45. The summed E-state index contributed by atoms with van der Waals surface area (Å²) in [4.78, 5) is 20.1. The number of pyridine rings is 1. The second-order valence-corrected chi connectivity index (χ2v) is 5.81. The summed E-state index contributed by atoms with van der Waals surface area (Å²) in [5, 5.41) is 9.59. The third-order valence-electron chi connectivity index (χ3n) is 4.26. The number of aromatic carboxylic acids is 1. The zero-order valence-electron chi connectivity index (χ0n) is 11.5. The first-order valence-corrected chi connectivity index (χ1v) is 7.24. The molecule has 2 aliphatic carbocycles. The van der Waals surface area contributed by atoms with Crippen LogP contribution >= 0.6 is 11.6 Å². The summed E-state index contributed by atoms with van der Waals surface area (Å²) in [5.74, 6) is -0.980. The van der Waals surface area contributed by atoms with Gasteiger partial charge in [0.15, 0.2) is 0 Å². The van der Waals surface area contributed by atoms with E-state index in [2.05, 4.69) is 16.1 Å². The van der Waals surface area contributed by atoms with Gasteiger partial charge in [-0.15, -0.1) is 0 Å². The third-order valence-corrected chi connectivity index (χ3v) is 4.45. The molecule has 0 bridgehead atoms. The number of hydrogen-bond donors (Lipinski definition) is 1. The van der Waals surface area contributed by atoms with Gasteiger partial charge < -0.3 is 5.11 Å². The van der Waals surface area contributed by atoms with Gasteiger partial charge in [-0.3, -0.25) is 4.98 Å². The van der Waals surface area contributed by atoms with E-state index in [4.69, 9.17) is 16.7 Å². The zero-order valence-corrected chi connectivity index (χ0v) is 12.2. The van der Waals surface area contributed by atoms with E-state index in [1.165, 1.54) is 6.20 Å². The third kappa shape index (κ3) is 1.67. The van der Waals surface area contributed by atoms with Crippen molar-refractivity contribution in [2.45, 2.75) is 11.8 Å². The number of allylic oxidation sites excluding steroid dienone is 6. The molecule has 1 aromatic rings. The maximum atomic E-state index is 11.2. The fraction of sp³-hybridized carbons (Fsp3) is 0.118. The molecule has 4 rings (SSSR count). The molecule has 1 N–H and O–H groups in total. The van der Waals surface area contributed by atoms with E-state index >= 15 is 0 Å². The lowest BCUT2D eigenvalue weighted by molar-refractivity contribution is 0.0696. The molecule has 0 amide bonds. The van der Waals surface area contributed by atoms with Crippen molar-refractivity contribution in [3.05, 3.63) is 70.7 Å². The van der Waals surface area contributed by atoms with Crippen LogP contribution in [0.1, 0.15) is 28.0 Å². The van der Waals surface area contributed by atoms with Crippen molar-refractivity contribution in [3.63, 3.8) is 0 Å². The number of carboxylic acid groups (broad SMARTS) is 1. The summed E-state index contributed by atoms with van der Waals surface area (Å²) in [6, 6.07) is 1.66. The second kappa shape index (κ2) is 4.52. The Morgan fingerprint density at radius 3 is 3.05 bits per heavy atom. The molecular formula is C17H11ClN2O2. The van der Waals surface area contributed by atoms with Crippen LogP contribution in [0, 0.1) is 0 Å². The monoisotopic (exact) mass is 310 g/mol. The van der Waals surface area contributed by atoms with Gasteiger partial charge in [0.2, 0.25) is 0 Å². The highest BCUT2D eigenvalue weighted by atomic mass is 35.5. The van der Waals surface area contributed by atoms with Crippen molar-refractivity contribution in [2.75, 3.05) is 0 Å². The topological polar surface area (TPSA) is 62.5 Å². The molecule has 1 atom stereocenters. The smallest absolute Gasteiger partial charge is 0.337 e. The standard InChI is InChI=1S/C17H11ClN2O2/c18-14-8-12-5-4-10-7-11(16(21)22)9-19-15(10)17(12)6-2-1-3-13(17)20-14/h1-5,7-9H,6H2,(H,21,22). The predicted octanol–water partition coefficient (Wildman–Crippen LogP) is 3.47. The molecule has 108 valence electrons. The lowest BCUT2D eigenvalue weighted by Crippen LogP contribution is -2.36. The Morgan fingerprint density at radius 1 is 1.36 bits per heavy atom. The minimum Gasteiger partial charge on any atom is -0.478 e. The Hall–Kier alpha value is -2.46. The van der Waals surface area contributed by atoms with Crippen molar-refractivity contribution >= 4 is 28.8 Å². The SMILES string of the molecule is O=C(O)c1cnc2c(c1)C=CC1=CC(Cl)=NC3=CC=CCC132. The van der Waals surface area contributed by atoms with Gasteiger partial charge in [-0.2, -0.15) is 0 Å². The van der Waals surface area contributed by atoms with Gasteiger partial charge in [0.25, 0.3) is 0 Å². The molecule has 1 aromatic heterocycles. The Bertz CT molecular complexity index is 861.